The van der Waals surface area contributed by atoms with Crippen molar-refractivity contribution in [1.29, 1.82) is 0 Å². The summed E-state index contributed by atoms with van der Waals surface area (Å²) in [5.41, 5.74) is 6.25. The molecule has 5 nitrogen and oxygen atoms in total. The van der Waals surface area contributed by atoms with Crippen molar-refractivity contribution in [2.24, 2.45) is 5.73 Å². The number of ether oxygens (including phenoxy) is 1. The highest BCUT2D eigenvalue weighted by Gasteiger charge is 2.30. The molecule has 1 aromatic carbocycles. The highest BCUT2D eigenvalue weighted by molar-refractivity contribution is 7.89. The van der Waals surface area contributed by atoms with Crippen LogP contribution in [0.4, 0.5) is 0 Å². The normalized spacial score (nSPS) is 22.0. The number of morpholine rings is 1. The number of hydrogen-bond donors (Lipinski definition) is 1. The van der Waals surface area contributed by atoms with Gasteiger partial charge in [0.1, 0.15) is 0 Å². The summed E-state index contributed by atoms with van der Waals surface area (Å²) in [7, 11) is -3.46. The number of hydrogen-bond acceptors (Lipinski definition) is 4. The maximum Gasteiger partial charge on any atom is 0.243 e. The second-order valence-electron chi connectivity index (χ2n) is 4.36. The fourth-order valence-electron chi connectivity index (χ4n) is 2.07. The van der Waals surface area contributed by atoms with Crippen molar-refractivity contribution in [3.8, 4) is 0 Å². The predicted molar refractivity (Wildman–Crippen MR) is 68.5 cm³/mol. The van der Waals surface area contributed by atoms with Crippen LogP contribution in [-0.2, 0) is 21.3 Å². The number of nitrogens with two attached hydrogens (primary N) is 1. The molecule has 1 aromatic rings. The molecule has 1 fully saturated rings. The summed E-state index contributed by atoms with van der Waals surface area (Å²) in [6.45, 7) is 3.31. The molecular weight excluding hydrogens is 252 g/mol. The second kappa shape index (κ2) is 5.36. The molecule has 0 aromatic heterocycles. The van der Waals surface area contributed by atoms with Gasteiger partial charge in [-0.3, -0.25) is 0 Å². The molecule has 0 amide bonds. The van der Waals surface area contributed by atoms with Gasteiger partial charge in [-0.15, -0.1) is 0 Å². The zero-order valence-electron chi connectivity index (χ0n) is 10.4. The zero-order valence-corrected chi connectivity index (χ0v) is 11.2. The highest BCUT2D eigenvalue weighted by atomic mass is 32.2. The lowest BCUT2D eigenvalue weighted by atomic mass is 10.2. The molecule has 1 unspecified atom stereocenters. The summed E-state index contributed by atoms with van der Waals surface area (Å²) in [4.78, 5) is 0.307. The monoisotopic (exact) mass is 270 g/mol. The molecule has 2 rings (SSSR count). The van der Waals surface area contributed by atoms with Crippen molar-refractivity contribution < 1.29 is 13.2 Å². The molecule has 2 N–H and O–H groups in total. The van der Waals surface area contributed by atoms with Gasteiger partial charge in [0.25, 0.3) is 0 Å². The van der Waals surface area contributed by atoms with Crippen molar-refractivity contribution in [3.05, 3.63) is 29.8 Å². The Labute approximate surface area is 108 Å². The summed E-state index contributed by atoms with van der Waals surface area (Å²) in [5.74, 6) is 0. The number of benzene rings is 1. The second-order valence-corrected chi connectivity index (χ2v) is 6.26. The fourth-order valence-corrected chi connectivity index (χ4v) is 3.80. The van der Waals surface area contributed by atoms with Gasteiger partial charge in [0, 0.05) is 19.6 Å². The predicted octanol–water partition coefficient (Wildman–Crippen LogP) is 0.555. The molecule has 0 radical (unpaired) electrons. The van der Waals surface area contributed by atoms with E-state index in [2.05, 4.69) is 0 Å². The van der Waals surface area contributed by atoms with Crippen molar-refractivity contribution in [3.63, 3.8) is 0 Å². The largest absolute Gasteiger partial charge is 0.376 e. The Balaban J connectivity index is 2.35. The van der Waals surface area contributed by atoms with Crippen LogP contribution in [0.2, 0.25) is 0 Å². The molecule has 0 aliphatic carbocycles. The zero-order chi connectivity index (χ0) is 13.2. The van der Waals surface area contributed by atoms with Crippen LogP contribution in [0.3, 0.4) is 0 Å². The minimum Gasteiger partial charge on any atom is -0.376 e. The van der Waals surface area contributed by atoms with Crippen LogP contribution >= 0.6 is 0 Å². The summed E-state index contributed by atoms with van der Waals surface area (Å²) in [5, 5.41) is 0. The van der Waals surface area contributed by atoms with Crippen LogP contribution < -0.4 is 5.73 Å². The van der Waals surface area contributed by atoms with Crippen LogP contribution in [0.5, 0.6) is 0 Å². The molecule has 18 heavy (non-hydrogen) atoms. The Bertz CT molecular complexity index is 516. The molecule has 1 heterocycles. The van der Waals surface area contributed by atoms with E-state index in [4.69, 9.17) is 10.5 Å². The molecule has 0 bridgehead atoms. The summed E-state index contributed by atoms with van der Waals surface area (Å²) in [6.07, 6.45) is -0.0708. The molecule has 1 aliphatic heterocycles. The third kappa shape index (κ3) is 2.56. The van der Waals surface area contributed by atoms with E-state index in [9.17, 15) is 8.42 Å². The summed E-state index contributed by atoms with van der Waals surface area (Å²) < 4.78 is 31.9. The third-order valence-corrected chi connectivity index (χ3v) is 4.98. The standard InChI is InChI=1S/C12H18N2O3S/c1-10-9-14(6-7-17-10)18(15,16)12-5-3-2-4-11(12)8-13/h2-5,10H,6-9,13H2,1H3. The Morgan fingerprint density at radius 2 is 2.17 bits per heavy atom. The molecule has 1 aliphatic rings. The minimum absolute atomic E-state index is 0.0708. The fraction of sp³-hybridized carbons (Fsp3) is 0.500. The van der Waals surface area contributed by atoms with Crippen LogP contribution in [0.1, 0.15) is 12.5 Å². The van der Waals surface area contributed by atoms with Gasteiger partial charge in [0.2, 0.25) is 10.0 Å². The Kier molecular flexibility index (Phi) is 4.01. The average Bonchev–Trinajstić information content (AvgIpc) is 2.38. The van der Waals surface area contributed by atoms with Gasteiger partial charge in [-0.2, -0.15) is 4.31 Å². The van der Waals surface area contributed by atoms with E-state index in [1.807, 2.05) is 6.92 Å². The van der Waals surface area contributed by atoms with Gasteiger partial charge in [-0.25, -0.2) is 8.42 Å². The first kappa shape index (κ1) is 13.5. The van der Waals surface area contributed by atoms with E-state index >= 15 is 0 Å². The van der Waals surface area contributed by atoms with Gasteiger partial charge in [-0.1, -0.05) is 18.2 Å². The van der Waals surface area contributed by atoms with E-state index in [0.717, 1.165) is 0 Å². The van der Waals surface area contributed by atoms with Crippen molar-refractivity contribution in [1.82, 2.24) is 4.31 Å². The van der Waals surface area contributed by atoms with Gasteiger partial charge < -0.3 is 10.5 Å². The van der Waals surface area contributed by atoms with E-state index in [1.165, 1.54) is 4.31 Å². The third-order valence-electron chi connectivity index (χ3n) is 3.01. The first-order valence-electron chi connectivity index (χ1n) is 5.95. The molecule has 1 atom stereocenters. The van der Waals surface area contributed by atoms with Crippen LogP contribution in [0.25, 0.3) is 0 Å². The Morgan fingerprint density at radius 1 is 1.44 bits per heavy atom. The van der Waals surface area contributed by atoms with Gasteiger partial charge in [0.15, 0.2) is 0 Å². The molecule has 1 saturated heterocycles. The first-order valence-corrected chi connectivity index (χ1v) is 7.39. The van der Waals surface area contributed by atoms with Crippen molar-refractivity contribution in [2.75, 3.05) is 19.7 Å². The number of sulfonamides is 1. The smallest absolute Gasteiger partial charge is 0.243 e. The Hall–Kier alpha value is -0.950. The van der Waals surface area contributed by atoms with Crippen LogP contribution in [-0.4, -0.2) is 38.5 Å². The first-order chi connectivity index (χ1) is 8.55. The van der Waals surface area contributed by atoms with Gasteiger partial charge in [0.05, 0.1) is 17.6 Å². The molecule has 100 valence electrons. The Morgan fingerprint density at radius 3 is 2.83 bits per heavy atom. The SMILES string of the molecule is CC1CN(S(=O)(=O)c2ccccc2CN)CCO1. The van der Waals surface area contributed by atoms with Gasteiger partial charge in [-0.05, 0) is 18.6 Å². The van der Waals surface area contributed by atoms with Gasteiger partial charge >= 0.3 is 0 Å². The molecule has 0 saturated carbocycles. The molecule has 6 heteroatoms. The lowest BCUT2D eigenvalue weighted by molar-refractivity contribution is 0.0101. The quantitative estimate of drug-likeness (QED) is 0.871. The van der Waals surface area contributed by atoms with E-state index in [1.54, 1.807) is 24.3 Å². The number of nitrogens with zero attached hydrogens (tertiary/aromatic N) is 1. The topological polar surface area (TPSA) is 72.6 Å². The van der Waals surface area contributed by atoms with Crippen LogP contribution in [0, 0.1) is 0 Å². The molecular formula is C12H18N2O3S. The summed E-state index contributed by atoms with van der Waals surface area (Å²) >= 11 is 0. The van der Waals surface area contributed by atoms with E-state index < -0.39 is 10.0 Å². The maximum atomic E-state index is 12.5. The highest BCUT2D eigenvalue weighted by Crippen LogP contribution is 2.21. The van der Waals surface area contributed by atoms with Crippen molar-refractivity contribution >= 4 is 10.0 Å². The van der Waals surface area contributed by atoms with E-state index in [0.29, 0.717) is 30.2 Å². The summed E-state index contributed by atoms with van der Waals surface area (Å²) in [6, 6.07) is 6.87. The minimum atomic E-state index is -3.46. The maximum absolute atomic E-state index is 12.5. The lowest BCUT2D eigenvalue weighted by Crippen LogP contribution is -2.44. The van der Waals surface area contributed by atoms with Crippen LogP contribution in [0.15, 0.2) is 29.2 Å². The number of rotatable bonds is 3. The van der Waals surface area contributed by atoms with E-state index in [-0.39, 0.29) is 12.6 Å². The average molecular weight is 270 g/mol. The molecule has 0 spiro atoms. The lowest BCUT2D eigenvalue weighted by Gasteiger charge is -2.30. The van der Waals surface area contributed by atoms with Crippen molar-refractivity contribution in [2.45, 2.75) is 24.5 Å².